The fourth-order valence-electron chi connectivity index (χ4n) is 5.56. The molecular formula is C29H39N3O4. The number of nitrogens with zero attached hydrogens (tertiary/aromatic N) is 3. The molecule has 2 aliphatic rings. The number of carbonyl (C=O) groups is 2. The van der Waals surface area contributed by atoms with Gasteiger partial charge in [0, 0.05) is 26.7 Å². The van der Waals surface area contributed by atoms with Crippen molar-refractivity contribution in [2.75, 3.05) is 37.5 Å². The second-order valence-electron chi connectivity index (χ2n) is 11.4. The summed E-state index contributed by atoms with van der Waals surface area (Å²) >= 11 is 0. The highest BCUT2D eigenvalue weighted by atomic mass is 16.6. The van der Waals surface area contributed by atoms with Gasteiger partial charge in [0.25, 0.3) is 0 Å². The van der Waals surface area contributed by atoms with E-state index >= 15 is 0 Å². The number of anilines is 2. The average molecular weight is 494 g/mol. The molecule has 2 aromatic rings. The van der Waals surface area contributed by atoms with Crippen LogP contribution in [0.3, 0.4) is 0 Å². The molecule has 2 heterocycles. The molecule has 0 radical (unpaired) electrons. The number of benzene rings is 2. The summed E-state index contributed by atoms with van der Waals surface area (Å²) in [6.45, 7) is 10.2. The van der Waals surface area contributed by atoms with Gasteiger partial charge in [0.2, 0.25) is 5.91 Å². The van der Waals surface area contributed by atoms with Gasteiger partial charge in [-0.25, -0.2) is 4.79 Å². The summed E-state index contributed by atoms with van der Waals surface area (Å²) in [6.07, 6.45) is 1.46. The number of fused-ring (bicyclic) bond motifs is 1. The van der Waals surface area contributed by atoms with Gasteiger partial charge in [-0.15, -0.1) is 0 Å². The number of piperidine rings is 1. The van der Waals surface area contributed by atoms with Crippen molar-refractivity contribution in [3.8, 4) is 5.75 Å². The molecule has 7 heteroatoms. The number of likely N-dealkylation sites (N-methyl/N-ethyl adjacent to an activating group) is 2. The van der Waals surface area contributed by atoms with Crippen LogP contribution in [0.1, 0.15) is 64.6 Å². The van der Waals surface area contributed by atoms with Crippen molar-refractivity contribution in [1.29, 1.82) is 0 Å². The van der Waals surface area contributed by atoms with Gasteiger partial charge in [0.15, 0.2) is 0 Å². The number of carbonyl (C=O) groups excluding carboxylic acids is 2. The van der Waals surface area contributed by atoms with E-state index in [4.69, 9.17) is 9.47 Å². The van der Waals surface area contributed by atoms with Crippen LogP contribution in [-0.4, -0.2) is 56.3 Å². The fourth-order valence-corrected chi connectivity index (χ4v) is 5.56. The second-order valence-corrected chi connectivity index (χ2v) is 11.4. The summed E-state index contributed by atoms with van der Waals surface area (Å²) in [5.74, 6) is 0.769. The van der Waals surface area contributed by atoms with Crippen molar-refractivity contribution in [2.45, 2.75) is 70.6 Å². The Morgan fingerprint density at radius 1 is 1.14 bits per heavy atom. The van der Waals surface area contributed by atoms with Gasteiger partial charge in [-0.05, 0) is 64.7 Å². The molecule has 0 unspecified atom stereocenters. The molecule has 0 saturated carbocycles. The molecule has 1 saturated heterocycles. The molecule has 0 spiro atoms. The van der Waals surface area contributed by atoms with Crippen LogP contribution in [0.5, 0.6) is 5.75 Å². The lowest BCUT2D eigenvalue weighted by molar-refractivity contribution is -0.121. The van der Waals surface area contributed by atoms with E-state index in [9.17, 15) is 9.59 Å². The van der Waals surface area contributed by atoms with Crippen molar-refractivity contribution >= 4 is 23.4 Å². The molecule has 0 aliphatic carbocycles. The van der Waals surface area contributed by atoms with Gasteiger partial charge in [-0.2, -0.15) is 0 Å². The quantitative estimate of drug-likeness (QED) is 0.561. The summed E-state index contributed by atoms with van der Waals surface area (Å²) in [5.41, 5.74) is 2.62. The van der Waals surface area contributed by atoms with E-state index in [2.05, 4.69) is 30.1 Å². The summed E-state index contributed by atoms with van der Waals surface area (Å²) < 4.78 is 11.7. The summed E-state index contributed by atoms with van der Waals surface area (Å²) in [7, 11) is 5.52. The molecule has 7 nitrogen and oxygen atoms in total. The van der Waals surface area contributed by atoms with Gasteiger partial charge in [-0.1, -0.05) is 30.3 Å². The van der Waals surface area contributed by atoms with Crippen LogP contribution in [0, 0.1) is 0 Å². The van der Waals surface area contributed by atoms with E-state index in [1.54, 1.807) is 12.0 Å². The Kier molecular flexibility index (Phi) is 6.71. The third-order valence-electron chi connectivity index (χ3n) is 7.42. The predicted molar refractivity (Wildman–Crippen MR) is 143 cm³/mol. The monoisotopic (exact) mass is 493 g/mol. The lowest BCUT2D eigenvalue weighted by Crippen LogP contribution is -2.52. The van der Waals surface area contributed by atoms with Crippen LogP contribution in [0.25, 0.3) is 0 Å². The molecule has 0 N–H and O–H groups in total. The Morgan fingerprint density at radius 3 is 2.42 bits per heavy atom. The normalized spacial score (nSPS) is 21.3. The van der Waals surface area contributed by atoms with Gasteiger partial charge >= 0.3 is 6.09 Å². The van der Waals surface area contributed by atoms with Crippen molar-refractivity contribution in [3.63, 3.8) is 0 Å². The lowest BCUT2D eigenvalue weighted by atomic mass is 9.85. The van der Waals surface area contributed by atoms with E-state index in [1.165, 1.54) is 0 Å². The minimum Gasteiger partial charge on any atom is -0.495 e. The Labute approximate surface area is 215 Å². The standard InChI is InChI=1S/C29H39N3O4/c1-28(2,3)36-27(34)32-16-12-15-21(25(32)19-13-10-9-11-14-19)30(6)23-17-20-22(18-24(23)35-8)31(7)26(33)29(20,4)5/h9-11,13-14,17-18,21,25H,12,15-16H2,1-8H3/t21-,25-/m0/s1. The summed E-state index contributed by atoms with van der Waals surface area (Å²) in [6, 6.07) is 14.0. The first-order valence-corrected chi connectivity index (χ1v) is 12.6. The molecule has 194 valence electrons. The smallest absolute Gasteiger partial charge is 0.410 e. The highest BCUT2D eigenvalue weighted by Gasteiger charge is 2.44. The maximum Gasteiger partial charge on any atom is 0.410 e. The molecule has 1 fully saturated rings. The first-order valence-electron chi connectivity index (χ1n) is 12.6. The van der Waals surface area contributed by atoms with Crippen molar-refractivity contribution in [2.24, 2.45) is 0 Å². The minimum atomic E-state index is -0.625. The molecule has 0 aromatic heterocycles. The van der Waals surface area contributed by atoms with Gasteiger partial charge in [0.1, 0.15) is 11.4 Å². The number of hydrogen-bond acceptors (Lipinski definition) is 5. The van der Waals surface area contributed by atoms with Crippen LogP contribution in [0.4, 0.5) is 16.2 Å². The first-order chi connectivity index (χ1) is 16.9. The SMILES string of the molecule is COc1cc2c(cc1N(C)[C@H]1CCCN(C(=O)OC(C)(C)C)[C@H]1c1ccccc1)C(C)(C)C(=O)N2C. The van der Waals surface area contributed by atoms with Gasteiger partial charge in [0.05, 0.1) is 36.0 Å². The topological polar surface area (TPSA) is 62.3 Å². The van der Waals surface area contributed by atoms with Gasteiger partial charge < -0.3 is 19.3 Å². The molecular weight excluding hydrogens is 454 g/mol. The molecule has 2 amide bonds. The molecule has 4 rings (SSSR count). The minimum absolute atomic E-state index is 0.0152. The zero-order valence-corrected chi connectivity index (χ0v) is 22.8. The number of hydrogen-bond donors (Lipinski definition) is 0. The molecule has 2 aliphatic heterocycles. The molecule has 2 aromatic carbocycles. The predicted octanol–water partition coefficient (Wildman–Crippen LogP) is 5.53. The van der Waals surface area contributed by atoms with E-state index in [0.29, 0.717) is 12.3 Å². The fraction of sp³-hybridized carbons (Fsp3) is 0.517. The number of rotatable bonds is 4. The van der Waals surface area contributed by atoms with E-state index in [0.717, 1.165) is 35.3 Å². The maximum absolute atomic E-state index is 13.4. The lowest BCUT2D eigenvalue weighted by Gasteiger charge is -2.46. The van der Waals surface area contributed by atoms with E-state index in [-0.39, 0.29) is 24.1 Å². The number of ether oxygens (including phenoxy) is 2. The zero-order chi connectivity index (χ0) is 26.4. The Hall–Kier alpha value is -3.22. The number of likely N-dealkylation sites (tertiary alicyclic amines) is 1. The van der Waals surface area contributed by atoms with Crippen molar-refractivity contribution in [1.82, 2.24) is 4.90 Å². The molecule has 0 bridgehead atoms. The van der Waals surface area contributed by atoms with Crippen LogP contribution >= 0.6 is 0 Å². The third kappa shape index (κ3) is 4.51. The van der Waals surface area contributed by atoms with E-state index in [1.807, 2.05) is 70.8 Å². The highest BCUT2D eigenvalue weighted by Crippen LogP contribution is 2.48. The van der Waals surface area contributed by atoms with Crippen LogP contribution in [0.2, 0.25) is 0 Å². The average Bonchev–Trinajstić information content (AvgIpc) is 3.01. The van der Waals surface area contributed by atoms with Crippen LogP contribution < -0.4 is 14.5 Å². The summed E-state index contributed by atoms with van der Waals surface area (Å²) in [4.78, 5) is 32.1. The zero-order valence-electron chi connectivity index (χ0n) is 22.8. The third-order valence-corrected chi connectivity index (χ3v) is 7.42. The number of methoxy groups -OCH3 is 1. The van der Waals surface area contributed by atoms with Crippen molar-refractivity contribution in [3.05, 3.63) is 53.6 Å². The van der Waals surface area contributed by atoms with Crippen LogP contribution in [0.15, 0.2) is 42.5 Å². The van der Waals surface area contributed by atoms with Crippen LogP contribution in [-0.2, 0) is 14.9 Å². The Balaban J connectivity index is 1.78. The molecule has 2 atom stereocenters. The Morgan fingerprint density at radius 2 is 1.81 bits per heavy atom. The highest BCUT2D eigenvalue weighted by molar-refractivity contribution is 6.08. The van der Waals surface area contributed by atoms with Gasteiger partial charge in [-0.3, -0.25) is 9.69 Å². The summed E-state index contributed by atoms with van der Waals surface area (Å²) in [5, 5.41) is 0. The largest absolute Gasteiger partial charge is 0.495 e. The van der Waals surface area contributed by atoms with Crippen molar-refractivity contribution < 1.29 is 19.1 Å². The van der Waals surface area contributed by atoms with E-state index < -0.39 is 11.0 Å². The second kappa shape index (κ2) is 9.34. The maximum atomic E-state index is 13.4. The molecule has 36 heavy (non-hydrogen) atoms. The number of amides is 2. The Bertz CT molecular complexity index is 1140. The first kappa shape index (κ1) is 25.9.